The summed E-state index contributed by atoms with van der Waals surface area (Å²) in [6.45, 7) is 2.65. The Labute approximate surface area is 119 Å². The number of aliphatic hydroxyl groups is 1. The maximum atomic E-state index is 12.3. The van der Waals surface area contributed by atoms with Crippen molar-refractivity contribution in [3.05, 3.63) is 12.2 Å². The summed E-state index contributed by atoms with van der Waals surface area (Å²) in [7, 11) is 0. The Kier molecular flexibility index (Phi) is 4.81. The Morgan fingerprint density at radius 3 is 2.50 bits per heavy atom. The Bertz CT molecular complexity index is 407. The standard InChI is InChI=1S/C15H23NO4/c1-2-9(5-6-17)8-16-14(18)12-10-3-4-11(7-10)13(12)15(19)20/h3-4,9-13,17H,2,5-8H2,1H3,(H,16,18)(H,19,20)/t9?,10?,11?,12-,13+/m0/s1. The summed E-state index contributed by atoms with van der Waals surface area (Å²) in [5.74, 6) is -1.71. The molecule has 0 spiro atoms. The van der Waals surface area contributed by atoms with Gasteiger partial charge in [-0.05, 0) is 30.6 Å². The van der Waals surface area contributed by atoms with E-state index in [-0.39, 0.29) is 30.3 Å². The monoisotopic (exact) mass is 281 g/mol. The summed E-state index contributed by atoms with van der Waals surface area (Å²) >= 11 is 0. The predicted molar refractivity (Wildman–Crippen MR) is 73.8 cm³/mol. The lowest BCUT2D eigenvalue weighted by atomic mass is 9.82. The quantitative estimate of drug-likeness (QED) is 0.608. The van der Waals surface area contributed by atoms with Gasteiger partial charge in [-0.3, -0.25) is 9.59 Å². The van der Waals surface area contributed by atoms with Crippen LogP contribution >= 0.6 is 0 Å². The third kappa shape index (κ3) is 2.87. The number of rotatable bonds is 7. The molecule has 1 amide bonds. The van der Waals surface area contributed by atoms with E-state index in [2.05, 4.69) is 5.32 Å². The fourth-order valence-electron chi connectivity index (χ4n) is 3.51. The van der Waals surface area contributed by atoms with E-state index in [1.54, 1.807) is 0 Å². The third-order valence-electron chi connectivity index (χ3n) is 4.73. The van der Waals surface area contributed by atoms with Gasteiger partial charge in [-0.15, -0.1) is 0 Å². The van der Waals surface area contributed by atoms with Gasteiger partial charge in [0.05, 0.1) is 11.8 Å². The van der Waals surface area contributed by atoms with Crippen molar-refractivity contribution in [1.29, 1.82) is 0 Å². The second-order valence-corrected chi connectivity index (χ2v) is 5.87. The largest absolute Gasteiger partial charge is 0.481 e. The number of nitrogens with one attached hydrogen (secondary N) is 1. The topological polar surface area (TPSA) is 86.6 Å². The Morgan fingerprint density at radius 2 is 1.95 bits per heavy atom. The van der Waals surface area contributed by atoms with Crippen molar-refractivity contribution in [2.75, 3.05) is 13.2 Å². The molecule has 0 saturated heterocycles. The third-order valence-corrected chi connectivity index (χ3v) is 4.73. The molecule has 3 N–H and O–H groups in total. The number of carbonyl (C=O) groups is 2. The van der Waals surface area contributed by atoms with Gasteiger partial charge in [-0.2, -0.15) is 0 Å². The summed E-state index contributed by atoms with van der Waals surface area (Å²) in [6.07, 6.45) is 6.26. The first-order valence-corrected chi connectivity index (χ1v) is 7.38. The zero-order valence-electron chi connectivity index (χ0n) is 11.8. The van der Waals surface area contributed by atoms with Gasteiger partial charge in [0, 0.05) is 13.2 Å². The number of amides is 1. The van der Waals surface area contributed by atoms with Crippen molar-refractivity contribution >= 4 is 11.9 Å². The highest BCUT2D eigenvalue weighted by molar-refractivity contribution is 5.86. The summed E-state index contributed by atoms with van der Waals surface area (Å²) in [5.41, 5.74) is 0. The highest BCUT2D eigenvalue weighted by Gasteiger charge is 2.51. The first kappa shape index (κ1) is 15.0. The maximum absolute atomic E-state index is 12.3. The molecule has 1 saturated carbocycles. The molecular formula is C15H23NO4. The lowest BCUT2D eigenvalue weighted by Crippen LogP contribution is -2.41. The van der Waals surface area contributed by atoms with Gasteiger partial charge < -0.3 is 15.5 Å². The molecule has 5 nitrogen and oxygen atoms in total. The van der Waals surface area contributed by atoms with E-state index in [9.17, 15) is 14.7 Å². The second-order valence-electron chi connectivity index (χ2n) is 5.87. The van der Waals surface area contributed by atoms with Gasteiger partial charge in [0.25, 0.3) is 0 Å². The minimum Gasteiger partial charge on any atom is -0.481 e. The lowest BCUT2D eigenvalue weighted by molar-refractivity contribution is -0.147. The molecule has 2 aliphatic carbocycles. The molecule has 5 atom stereocenters. The zero-order chi connectivity index (χ0) is 14.7. The lowest BCUT2D eigenvalue weighted by Gasteiger charge is -2.25. The number of fused-ring (bicyclic) bond motifs is 2. The van der Waals surface area contributed by atoms with Gasteiger partial charge in [0.2, 0.25) is 5.91 Å². The van der Waals surface area contributed by atoms with E-state index in [1.807, 2.05) is 19.1 Å². The van der Waals surface area contributed by atoms with Gasteiger partial charge >= 0.3 is 5.97 Å². The van der Waals surface area contributed by atoms with Crippen LogP contribution in [0.1, 0.15) is 26.2 Å². The minimum absolute atomic E-state index is 0.00710. The van der Waals surface area contributed by atoms with Gasteiger partial charge in [0.1, 0.15) is 0 Å². The highest BCUT2D eigenvalue weighted by Crippen LogP contribution is 2.48. The van der Waals surface area contributed by atoms with Crippen LogP contribution in [0.4, 0.5) is 0 Å². The highest BCUT2D eigenvalue weighted by atomic mass is 16.4. The van der Waals surface area contributed by atoms with Crippen LogP contribution in [0.2, 0.25) is 0 Å². The predicted octanol–water partition coefficient (Wildman–Crippen LogP) is 1.03. The van der Waals surface area contributed by atoms with Gasteiger partial charge in [-0.1, -0.05) is 25.5 Å². The molecule has 1 fully saturated rings. The first-order valence-electron chi connectivity index (χ1n) is 7.38. The molecule has 0 heterocycles. The molecule has 2 bridgehead atoms. The number of hydrogen-bond acceptors (Lipinski definition) is 3. The van der Waals surface area contributed by atoms with Crippen molar-refractivity contribution in [3.8, 4) is 0 Å². The molecule has 0 aromatic rings. The van der Waals surface area contributed by atoms with E-state index < -0.39 is 17.8 Å². The van der Waals surface area contributed by atoms with Crippen LogP contribution in [0.5, 0.6) is 0 Å². The van der Waals surface area contributed by atoms with E-state index in [0.29, 0.717) is 13.0 Å². The van der Waals surface area contributed by atoms with Crippen molar-refractivity contribution < 1.29 is 19.8 Å². The SMILES string of the molecule is CCC(CCO)CNC(=O)[C@H]1C2C=CC(C2)[C@H]1C(=O)O. The van der Waals surface area contributed by atoms with Crippen LogP contribution in [-0.2, 0) is 9.59 Å². The molecule has 2 aliphatic rings. The number of hydrogen-bond donors (Lipinski definition) is 3. The van der Waals surface area contributed by atoms with Crippen LogP contribution in [0.25, 0.3) is 0 Å². The van der Waals surface area contributed by atoms with E-state index >= 15 is 0 Å². The fraction of sp³-hybridized carbons (Fsp3) is 0.733. The summed E-state index contributed by atoms with van der Waals surface area (Å²) in [6, 6.07) is 0. The average Bonchev–Trinajstić information content (AvgIpc) is 3.03. The smallest absolute Gasteiger partial charge is 0.307 e. The Morgan fingerprint density at radius 1 is 1.30 bits per heavy atom. The number of carboxylic acid groups (broad SMARTS) is 1. The van der Waals surface area contributed by atoms with Crippen molar-refractivity contribution in [2.45, 2.75) is 26.2 Å². The van der Waals surface area contributed by atoms with Crippen LogP contribution in [0.3, 0.4) is 0 Å². The molecular weight excluding hydrogens is 258 g/mol. The van der Waals surface area contributed by atoms with Gasteiger partial charge in [0.15, 0.2) is 0 Å². The number of aliphatic hydroxyl groups excluding tert-OH is 1. The van der Waals surface area contributed by atoms with Gasteiger partial charge in [-0.25, -0.2) is 0 Å². The Balaban J connectivity index is 1.95. The summed E-state index contributed by atoms with van der Waals surface area (Å²) < 4.78 is 0. The van der Waals surface area contributed by atoms with E-state index in [1.165, 1.54) is 0 Å². The minimum atomic E-state index is -0.871. The zero-order valence-corrected chi connectivity index (χ0v) is 11.8. The summed E-state index contributed by atoms with van der Waals surface area (Å²) in [5, 5.41) is 21.1. The number of aliphatic carboxylic acids is 1. The molecule has 0 aliphatic heterocycles. The molecule has 112 valence electrons. The normalized spacial score (nSPS) is 32.3. The van der Waals surface area contributed by atoms with Crippen molar-refractivity contribution in [1.82, 2.24) is 5.32 Å². The first-order chi connectivity index (χ1) is 9.58. The van der Waals surface area contributed by atoms with E-state index in [0.717, 1.165) is 12.8 Å². The molecule has 2 rings (SSSR count). The number of allylic oxidation sites excluding steroid dienone is 2. The maximum Gasteiger partial charge on any atom is 0.307 e. The molecule has 0 radical (unpaired) electrons. The number of carboxylic acids is 1. The molecule has 5 heteroatoms. The summed E-state index contributed by atoms with van der Waals surface area (Å²) in [4.78, 5) is 23.7. The van der Waals surface area contributed by atoms with E-state index in [4.69, 9.17) is 5.11 Å². The second kappa shape index (κ2) is 6.39. The van der Waals surface area contributed by atoms with Crippen molar-refractivity contribution in [2.24, 2.45) is 29.6 Å². The fourth-order valence-corrected chi connectivity index (χ4v) is 3.51. The molecule has 0 aromatic carbocycles. The van der Waals surface area contributed by atoms with Crippen molar-refractivity contribution in [3.63, 3.8) is 0 Å². The van der Waals surface area contributed by atoms with Crippen LogP contribution in [0.15, 0.2) is 12.2 Å². The average molecular weight is 281 g/mol. The number of carbonyl (C=O) groups excluding carboxylic acids is 1. The molecule has 20 heavy (non-hydrogen) atoms. The van der Waals surface area contributed by atoms with Crippen LogP contribution in [0, 0.1) is 29.6 Å². The Hall–Kier alpha value is -1.36. The molecule has 3 unspecified atom stereocenters. The van der Waals surface area contributed by atoms with Crippen LogP contribution in [-0.4, -0.2) is 35.2 Å². The molecule has 0 aromatic heterocycles. The van der Waals surface area contributed by atoms with Crippen LogP contribution < -0.4 is 5.32 Å².